The van der Waals surface area contributed by atoms with Gasteiger partial charge in [-0.3, -0.25) is 4.79 Å². The number of rotatable bonds is 5. The molecule has 128 valence electrons. The highest BCUT2D eigenvalue weighted by atomic mass is 32.1. The molecule has 1 amide bonds. The molecule has 1 saturated heterocycles. The maximum absolute atomic E-state index is 12.8. The second-order valence-electron chi connectivity index (χ2n) is 5.77. The van der Waals surface area contributed by atoms with Crippen LogP contribution in [0.25, 0.3) is 11.1 Å². The summed E-state index contributed by atoms with van der Waals surface area (Å²) in [5.74, 6) is 0.127. The predicted octanol–water partition coefficient (Wildman–Crippen LogP) is 3.73. The van der Waals surface area contributed by atoms with Crippen LogP contribution in [0.2, 0.25) is 0 Å². The normalized spacial score (nSPS) is 14.7. The molecule has 24 heavy (non-hydrogen) atoms. The van der Waals surface area contributed by atoms with Crippen molar-refractivity contribution in [2.45, 2.75) is 13.8 Å². The Hall–Kier alpha value is -1.85. The Morgan fingerprint density at radius 3 is 2.46 bits per heavy atom. The summed E-state index contributed by atoms with van der Waals surface area (Å²) in [5, 5.41) is 1.18. The quantitative estimate of drug-likeness (QED) is 0.828. The highest BCUT2D eigenvalue weighted by Crippen LogP contribution is 2.39. The molecule has 2 heterocycles. The molecular weight excluding hydrogens is 320 g/mol. The maximum atomic E-state index is 12.8. The second-order valence-corrected chi connectivity index (χ2v) is 6.80. The number of carbonyl (C=O) groups is 1. The number of ether oxygens (including phenoxy) is 1. The lowest BCUT2D eigenvalue weighted by atomic mass is 10.1. The van der Waals surface area contributed by atoms with Crippen LogP contribution >= 0.6 is 11.3 Å². The summed E-state index contributed by atoms with van der Waals surface area (Å²) in [7, 11) is 0. The number of carbonyl (C=O) groups excluding carboxylic acids is 1. The van der Waals surface area contributed by atoms with Crippen LogP contribution in [-0.2, 0) is 4.74 Å². The first-order valence-corrected chi connectivity index (χ1v) is 9.37. The number of thiophene rings is 1. The summed E-state index contributed by atoms with van der Waals surface area (Å²) >= 11 is 1.61. The van der Waals surface area contributed by atoms with E-state index in [9.17, 15) is 4.79 Å². The zero-order chi connectivity index (χ0) is 16.9. The number of hydrogen-bond donors (Lipinski definition) is 0. The molecule has 1 fully saturated rings. The van der Waals surface area contributed by atoms with E-state index in [2.05, 4.69) is 23.1 Å². The number of anilines is 1. The van der Waals surface area contributed by atoms with E-state index in [-0.39, 0.29) is 5.91 Å². The van der Waals surface area contributed by atoms with Crippen LogP contribution in [0.3, 0.4) is 0 Å². The molecule has 5 heteroatoms. The van der Waals surface area contributed by atoms with E-state index in [1.807, 2.05) is 36.9 Å². The largest absolute Gasteiger partial charge is 0.378 e. The third-order valence-electron chi connectivity index (χ3n) is 4.36. The Morgan fingerprint density at radius 2 is 1.83 bits per heavy atom. The van der Waals surface area contributed by atoms with Gasteiger partial charge in [-0.1, -0.05) is 30.3 Å². The molecule has 0 spiro atoms. The molecule has 4 nitrogen and oxygen atoms in total. The summed E-state index contributed by atoms with van der Waals surface area (Å²) < 4.78 is 5.48. The summed E-state index contributed by atoms with van der Waals surface area (Å²) in [4.78, 5) is 17.8. The van der Waals surface area contributed by atoms with Gasteiger partial charge < -0.3 is 14.5 Å². The molecule has 0 aliphatic carbocycles. The zero-order valence-corrected chi connectivity index (χ0v) is 15.1. The van der Waals surface area contributed by atoms with E-state index in [1.165, 1.54) is 5.00 Å². The van der Waals surface area contributed by atoms with Gasteiger partial charge in [0.25, 0.3) is 5.91 Å². The minimum absolute atomic E-state index is 0.127. The van der Waals surface area contributed by atoms with Gasteiger partial charge in [-0.05, 0) is 25.5 Å². The lowest BCUT2D eigenvalue weighted by Crippen LogP contribution is -2.35. The Balaban J connectivity index is 2.00. The minimum atomic E-state index is 0.127. The number of morpholine rings is 1. The molecule has 0 radical (unpaired) electrons. The molecule has 1 aliphatic heterocycles. The smallest absolute Gasteiger partial charge is 0.263 e. The highest BCUT2D eigenvalue weighted by Gasteiger charge is 2.23. The second kappa shape index (κ2) is 7.81. The molecule has 0 unspecified atom stereocenters. The van der Waals surface area contributed by atoms with Gasteiger partial charge in [0.1, 0.15) is 0 Å². The van der Waals surface area contributed by atoms with Gasteiger partial charge in [-0.15, -0.1) is 11.3 Å². The van der Waals surface area contributed by atoms with Crippen molar-refractivity contribution in [2.24, 2.45) is 0 Å². The third kappa shape index (κ3) is 3.47. The van der Waals surface area contributed by atoms with Crippen molar-refractivity contribution in [3.63, 3.8) is 0 Å². The standard InChI is InChI=1S/C19H24N2O2S/c1-3-20(4-2)18(22)17-14-16(15-8-6-5-7-9-15)19(24-17)21-10-12-23-13-11-21/h5-9,14H,3-4,10-13H2,1-2H3. The molecule has 3 rings (SSSR count). The number of amides is 1. The average molecular weight is 344 g/mol. The summed E-state index contributed by atoms with van der Waals surface area (Å²) in [6, 6.07) is 12.4. The van der Waals surface area contributed by atoms with Crippen molar-refractivity contribution in [1.82, 2.24) is 4.90 Å². The van der Waals surface area contributed by atoms with E-state index in [4.69, 9.17) is 4.74 Å². The number of nitrogens with zero attached hydrogens (tertiary/aromatic N) is 2. The van der Waals surface area contributed by atoms with Crippen LogP contribution in [0.4, 0.5) is 5.00 Å². The van der Waals surface area contributed by atoms with Crippen LogP contribution in [0.1, 0.15) is 23.5 Å². The van der Waals surface area contributed by atoms with Crippen LogP contribution < -0.4 is 4.90 Å². The SMILES string of the molecule is CCN(CC)C(=O)c1cc(-c2ccccc2)c(N2CCOCC2)s1. The van der Waals surface area contributed by atoms with E-state index < -0.39 is 0 Å². The first-order valence-electron chi connectivity index (χ1n) is 8.55. The Morgan fingerprint density at radius 1 is 1.17 bits per heavy atom. The third-order valence-corrected chi connectivity index (χ3v) is 5.54. The van der Waals surface area contributed by atoms with Gasteiger partial charge in [0, 0.05) is 31.7 Å². The van der Waals surface area contributed by atoms with Gasteiger partial charge in [0.05, 0.1) is 23.1 Å². The van der Waals surface area contributed by atoms with E-state index >= 15 is 0 Å². The molecule has 0 N–H and O–H groups in total. The van der Waals surface area contributed by atoms with E-state index in [0.29, 0.717) is 0 Å². The molecule has 0 bridgehead atoms. The first kappa shape index (κ1) is 17.0. The summed E-state index contributed by atoms with van der Waals surface area (Å²) in [6.07, 6.45) is 0. The number of hydrogen-bond acceptors (Lipinski definition) is 4. The average Bonchev–Trinajstić information content (AvgIpc) is 3.09. The predicted molar refractivity (Wildman–Crippen MR) is 100 cm³/mol. The fourth-order valence-corrected chi connectivity index (χ4v) is 4.18. The maximum Gasteiger partial charge on any atom is 0.263 e. The van der Waals surface area contributed by atoms with Gasteiger partial charge in [-0.25, -0.2) is 0 Å². The van der Waals surface area contributed by atoms with Crippen molar-refractivity contribution < 1.29 is 9.53 Å². The van der Waals surface area contributed by atoms with Crippen molar-refractivity contribution in [2.75, 3.05) is 44.3 Å². The van der Waals surface area contributed by atoms with E-state index in [1.54, 1.807) is 11.3 Å². The first-order chi connectivity index (χ1) is 11.7. The van der Waals surface area contributed by atoms with E-state index in [0.717, 1.165) is 55.4 Å². The number of benzene rings is 1. The molecule has 1 aliphatic rings. The molecule has 0 saturated carbocycles. The van der Waals surface area contributed by atoms with Gasteiger partial charge in [0.15, 0.2) is 0 Å². The van der Waals surface area contributed by atoms with Crippen molar-refractivity contribution >= 4 is 22.2 Å². The molecule has 1 aromatic carbocycles. The topological polar surface area (TPSA) is 32.8 Å². The summed E-state index contributed by atoms with van der Waals surface area (Å²) in [6.45, 7) is 8.75. The highest BCUT2D eigenvalue weighted by molar-refractivity contribution is 7.18. The van der Waals surface area contributed by atoms with Gasteiger partial charge in [-0.2, -0.15) is 0 Å². The van der Waals surface area contributed by atoms with Gasteiger partial charge in [0.2, 0.25) is 0 Å². The Labute approximate surface area is 147 Å². The molecular formula is C19H24N2O2S. The monoisotopic (exact) mass is 344 g/mol. The lowest BCUT2D eigenvalue weighted by molar-refractivity contribution is 0.0778. The van der Waals surface area contributed by atoms with Gasteiger partial charge >= 0.3 is 0 Å². The van der Waals surface area contributed by atoms with Crippen LogP contribution in [0.5, 0.6) is 0 Å². The molecule has 2 aromatic rings. The molecule has 1 aromatic heterocycles. The van der Waals surface area contributed by atoms with Crippen molar-refractivity contribution in [1.29, 1.82) is 0 Å². The minimum Gasteiger partial charge on any atom is -0.378 e. The Kier molecular flexibility index (Phi) is 5.53. The Bertz CT molecular complexity index is 674. The summed E-state index contributed by atoms with van der Waals surface area (Å²) in [5.41, 5.74) is 2.31. The van der Waals surface area contributed by atoms with Crippen molar-refractivity contribution in [3.8, 4) is 11.1 Å². The van der Waals surface area contributed by atoms with Crippen LogP contribution in [0, 0.1) is 0 Å². The molecule has 0 atom stereocenters. The fourth-order valence-electron chi connectivity index (χ4n) is 2.98. The zero-order valence-electron chi connectivity index (χ0n) is 14.3. The fraction of sp³-hybridized carbons (Fsp3) is 0.421. The van der Waals surface area contributed by atoms with Crippen molar-refractivity contribution in [3.05, 3.63) is 41.3 Å². The van der Waals surface area contributed by atoms with Crippen LogP contribution in [0.15, 0.2) is 36.4 Å². The van der Waals surface area contributed by atoms with Crippen LogP contribution in [-0.4, -0.2) is 50.2 Å². The lowest BCUT2D eigenvalue weighted by Gasteiger charge is -2.28.